The second-order valence-electron chi connectivity index (χ2n) is 9.90. The van der Waals surface area contributed by atoms with Crippen LogP contribution in [0.15, 0.2) is 4.52 Å². The van der Waals surface area contributed by atoms with Crippen LogP contribution in [-0.4, -0.2) is 86.3 Å². The van der Waals surface area contributed by atoms with Crippen LogP contribution in [0.4, 0.5) is 23.9 Å². The van der Waals surface area contributed by atoms with Gasteiger partial charge < -0.3 is 24.0 Å². The minimum absolute atomic E-state index is 0.0238. The van der Waals surface area contributed by atoms with Crippen LogP contribution in [0.1, 0.15) is 45.7 Å². The van der Waals surface area contributed by atoms with Crippen molar-refractivity contribution in [1.29, 1.82) is 0 Å². The van der Waals surface area contributed by atoms with Crippen molar-refractivity contribution in [3.05, 3.63) is 16.6 Å². The topological polar surface area (TPSA) is 118 Å². The average molecular weight is 546 g/mol. The second kappa shape index (κ2) is 9.95. The molecule has 0 bridgehead atoms. The highest BCUT2D eigenvalue weighted by molar-refractivity contribution is 6.33. The van der Waals surface area contributed by atoms with Gasteiger partial charge in [-0.1, -0.05) is 16.8 Å². The molecule has 2 aliphatic heterocycles. The molecule has 11 nitrogen and oxygen atoms in total. The molecule has 15 heteroatoms. The number of amides is 2. The van der Waals surface area contributed by atoms with Crippen molar-refractivity contribution in [2.45, 2.75) is 58.4 Å². The number of halogens is 4. The zero-order valence-corrected chi connectivity index (χ0v) is 21.6. The van der Waals surface area contributed by atoms with E-state index in [9.17, 15) is 22.8 Å². The van der Waals surface area contributed by atoms with Crippen LogP contribution in [0, 0.1) is 0 Å². The quantitative estimate of drug-likeness (QED) is 0.569. The number of anilines is 1. The van der Waals surface area contributed by atoms with Crippen molar-refractivity contribution in [2.75, 3.05) is 37.6 Å². The Kier molecular flexibility index (Phi) is 7.23. The smallest absolute Gasteiger partial charge is 0.435 e. The van der Waals surface area contributed by atoms with Gasteiger partial charge in [-0.2, -0.15) is 18.2 Å². The van der Waals surface area contributed by atoms with Gasteiger partial charge in [0.2, 0.25) is 23.6 Å². The van der Waals surface area contributed by atoms with Gasteiger partial charge in [0.15, 0.2) is 5.69 Å². The molecule has 2 amide bonds. The van der Waals surface area contributed by atoms with E-state index in [0.29, 0.717) is 19.6 Å². The summed E-state index contributed by atoms with van der Waals surface area (Å²) in [6.45, 7) is 8.82. The lowest BCUT2D eigenvalue weighted by Gasteiger charge is -2.39. The Labute approximate surface area is 215 Å². The third-order valence-corrected chi connectivity index (χ3v) is 6.31. The summed E-state index contributed by atoms with van der Waals surface area (Å²) in [7, 11) is 0. The van der Waals surface area contributed by atoms with E-state index in [2.05, 4.69) is 20.1 Å². The van der Waals surface area contributed by atoms with Crippen LogP contribution in [0.25, 0.3) is 11.5 Å². The zero-order chi connectivity index (χ0) is 27.1. The highest BCUT2D eigenvalue weighted by Crippen LogP contribution is 2.39. The molecule has 4 heterocycles. The molecule has 0 aliphatic carbocycles. The minimum atomic E-state index is -4.82. The van der Waals surface area contributed by atoms with E-state index in [1.807, 2.05) is 6.92 Å². The lowest BCUT2D eigenvalue weighted by molar-refractivity contribution is -0.141. The molecule has 0 radical (unpaired) electrons. The Morgan fingerprint density at radius 2 is 1.70 bits per heavy atom. The largest absolute Gasteiger partial charge is 0.444 e. The summed E-state index contributed by atoms with van der Waals surface area (Å²) in [5.41, 5.74) is -2.24. The molecular weight excluding hydrogens is 519 g/mol. The molecule has 0 saturated carbocycles. The van der Waals surface area contributed by atoms with Crippen LogP contribution in [0.5, 0.6) is 0 Å². The monoisotopic (exact) mass is 545 g/mol. The number of carbonyl (C=O) groups is 2. The van der Waals surface area contributed by atoms with E-state index in [4.69, 9.17) is 20.9 Å². The molecule has 2 saturated heterocycles. The first-order valence-electron chi connectivity index (χ1n) is 11.7. The number of nitrogens with zero attached hydrogens (tertiary/aromatic N) is 7. The van der Waals surface area contributed by atoms with Crippen LogP contribution in [0.3, 0.4) is 0 Å². The zero-order valence-electron chi connectivity index (χ0n) is 20.8. The first-order chi connectivity index (χ1) is 17.2. The van der Waals surface area contributed by atoms with E-state index in [-0.39, 0.29) is 54.8 Å². The number of carbonyl (C=O) groups excluding carboxylic acids is 2. The number of ether oxygens (including phenoxy) is 1. The molecule has 2 aromatic heterocycles. The first-order valence-corrected chi connectivity index (χ1v) is 12.1. The van der Waals surface area contributed by atoms with Crippen molar-refractivity contribution in [1.82, 2.24) is 29.9 Å². The van der Waals surface area contributed by atoms with Crippen LogP contribution in [-0.2, 0) is 22.1 Å². The van der Waals surface area contributed by atoms with Gasteiger partial charge in [0.25, 0.3) is 0 Å². The Hall–Kier alpha value is -3.16. The maximum atomic E-state index is 13.6. The van der Waals surface area contributed by atoms with E-state index in [1.54, 1.807) is 25.7 Å². The molecule has 202 valence electrons. The average Bonchev–Trinajstić information content (AvgIpc) is 3.25. The summed E-state index contributed by atoms with van der Waals surface area (Å²) in [4.78, 5) is 41.5. The second-order valence-corrected chi connectivity index (χ2v) is 10.3. The number of hydrogen-bond donors (Lipinski definition) is 0. The van der Waals surface area contributed by atoms with Gasteiger partial charge in [-0.25, -0.2) is 14.8 Å². The Bertz CT molecular complexity index is 1180. The predicted molar refractivity (Wildman–Crippen MR) is 125 cm³/mol. The fraction of sp³-hybridized carbons (Fsp3) is 0.636. The van der Waals surface area contributed by atoms with E-state index >= 15 is 0 Å². The summed E-state index contributed by atoms with van der Waals surface area (Å²) in [6.07, 6.45) is -4.75. The Morgan fingerprint density at radius 1 is 1.05 bits per heavy atom. The Balaban J connectivity index is 1.45. The lowest BCUT2D eigenvalue weighted by atomic mass is 10.1. The fourth-order valence-corrected chi connectivity index (χ4v) is 4.12. The molecule has 37 heavy (non-hydrogen) atoms. The number of aromatic nitrogens is 4. The van der Waals surface area contributed by atoms with Crippen LogP contribution >= 0.6 is 11.6 Å². The van der Waals surface area contributed by atoms with Gasteiger partial charge >= 0.3 is 12.3 Å². The van der Waals surface area contributed by atoms with Crippen molar-refractivity contribution in [2.24, 2.45) is 0 Å². The molecule has 2 aromatic rings. The molecule has 0 spiro atoms. The number of alkyl halides is 3. The van der Waals surface area contributed by atoms with Crippen molar-refractivity contribution < 1.29 is 32.0 Å². The van der Waals surface area contributed by atoms with E-state index in [0.717, 1.165) is 6.42 Å². The van der Waals surface area contributed by atoms with Gasteiger partial charge in [0.1, 0.15) is 22.7 Å². The predicted octanol–water partition coefficient (Wildman–Crippen LogP) is 3.42. The van der Waals surface area contributed by atoms with E-state index in [1.165, 1.54) is 9.80 Å². The van der Waals surface area contributed by atoms with Gasteiger partial charge in [-0.3, -0.25) is 4.79 Å². The SMILES string of the molecule is C[C@H]1CCN1c1nc(-c2noc(CC(=O)N3CCN(C(=O)OC(C)(C)C)CC3)n2)c(Cl)c(C(F)(F)F)n1. The third-order valence-electron chi connectivity index (χ3n) is 5.95. The molecule has 0 unspecified atom stereocenters. The summed E-state index contributed by atoms with van der Waals surface area (Å²) in [6, 6.07) is -0.0238. The van der Waals surface area contributed by atoms with Crippen molar-refractivity contribution in [3.8, 4) is 11.5 Å². The first kappa shape index (κ1) is 26.9. The van der Waals surface area contributed by atoms with E-state index < -0.39 is 28.6 Å². The van der Waals surface area contributed by atoms with Crippen LogP contribution < -0.4 is 4.90 Å². The maximum Gasteiger partial charge on any atom is 0.435 e. The third kappa shape index (κ3) is 6.05. The molecule has 1 atom stereocenters. The summed E-state index contributed by atoms with van der Waals surface area (Å²) in [5, 5.41) is 2.97. The molecule has 0 N–H and O–H groups in total. The van der Waals surface area contributed by atoms with Gasteiger partial charge in [0.05, 0.1) is 0 Å². The van der Waals surface area contributed by atoms with Crippen molar-refractivity contribution >= 4 is 29.5 Å². The minimum Gasteiger partial charge on any atom is -0.444 e. The Morgan fingerprint density at radius 3 is 2.24 bits per heavy atom. The molecule has 4 rings (SSSR count). The normalized spacial score (nSPS) is 18.6. The van der Waals surface area contributed by atoms with Gasteiger partial charge in [-0.15, -0.1) is 0 Å². The summed E-state index contributed by atoms with van der Waals surface area (Å²) in [5.74, 6) is -0.837. The maximum absolute atomic E-state index is 13.6. The number of hydrogen-bond acceptors (Lipinski definition) is 9. The molecular formula is C22H27ClF3N7O4. The standard InChI is InChI=1S/C22H27ClF3N7O4/c1-12-5-6-33(12)19-28-16(15(23)17(29-19)22(24,25)26)18-27-13(37-30-18)11-14(34)31-7-9-32(10-8-31)20(35)36-21(2,3)4/h12H,5-11H2,1-4H3/t12-/m0/s1. The lowest BCUT2D eigenvalue weighted by Crippen LogP contribution is -2.52. The fourth-order valence-electron chi connectivity index (χ4n) is 3.84. The molecule has 0 aromatic carbocycles. The van der Waals surface area contributed by atoms with Gasteiger partial charge in [-0.05, 0) is 34.1 Å². The summed E-state index contributed by atoms with van der Waals surface area (Å²) < 4.78 is 51.3. The number of piperazine rings is 1. The molecule has 2 aliphatic rings. The van der Waals surface area contributed by atoms with Gasteiger partial charge in [0, 0.05) is 38.8 Å². The number of rotatable bonds is 4. The summed E-state index contributed by atoms with van der Waals surface area (Å²) >= 11 is 6.02. The highest BCUT2D eigenvalue weighted by Gasteiger charge is 2.40. The van der Waals surface area contributed by atoms with Crippen LogP contribution in [0.2, 0.25) is 5.02 Å². The van der Waals surface area contributed by atoms with Crippen molar-refractivity contribution in [3.63, 3.8) is 0 Å². The highest BCUT2D eigenvalue weighted by atomic mass is 35.5. The molecule has 2 fully saturated rings.